The lowest BCUT2D eigenvalue weighted by atomic mass is 10.0. The molecule has 2 aromatic rings. The van der Waals surface area contributed by atoms with Gasteiger partial charge in [0.25, 0.3) is 0 Å². The molecule has 3 nitrogen and oxygen atoms in total. The van der Waals surface area contributed by atoms with E-state index < -0.39 is 17.9 Å². The topological polar surface area (TPSA) is 52.3 Å². The Morgan fingerprint density at radius 3 is 2.75 bits per heavy atom. The first kappa shape index (κ1) is 16.8. The van der Waals surface area contributed by atoms with Gasteiger partial charge in [0.2, 0.25) is 0 Å². The van der Waals surface area contributed by atoms with Crippen LogP contribution in [-0.4, -0.2) is 18.5 Å². The SMILES string of the molecule is CCOC(=O)C(F)(F)[C@H](N)c1csc2ccccc12.Cl. The quantitative estimate of drug-likeness (QED) is 0.877. The normalized spacial score (nSPS) is 12.8. The number of nitrogens with two attached hydrogens (primary N) is 1. The van der Waals surface area contributed by atoms with Crippen LogP contribution in [0.5, 0.6) is 0 Å². The van der Waals surface area contributed by atoms with E-state index in [1.807, 2.05) is 12.1 Å². The first-order valence-electron chi connectivity index (χ1n) is 5.75. The molecule has 0 saturated heterocycles. The monoisotopic (exact) mass is 321 g/mol. The molecule has 1 aromatic heterocycles. The highest BCUT2D eigenvalue weighted by atomic mass is 35.5. The fraction of sp³-hybridized carbons (Fsp3) is 0.308. The number of esters is 1. The molecule has 0 radical (unpaired) electrons. The van der Waals surface area contributed by atoms with Crippen molar-refractivity contribution in [3.05, 3.63) is 35.2 Å². The minimum absolute atomic E-state index is 0. The second-order valence-corrected chi connectivity index (χ2v) is 4.92. The van der Waals surface area contributed by atoms with Gasteiger partial charge in [-0.05, 0) is 29.3 Å². The summed E-state index contributed by atoms with van der Waals surface area (Å²) in [5.41, 5.74) is 5.83. The van der Waals surface area contributed by atoms with E-state index in [9.17, 15) is 13.6 Å². The van der Waals surface area contributed by atoms with Crippen molar-refractivity contribution < 1.29 is 18.3 Å². The number of carbonyl (C=O) groups is 1. The molecule has 2 rings (SSSR count). The summed E-state index contributed by atoms with van der Waals surface area (Å²) >= 11 is 1.32. The van der Waals surface area contributed by atoms with Gasteiger partial charge in [-0.15, -0.1) is 23.7 Å². The standard InChI is InChI=1S/C13H13F2NO2S.ClH/c1-2-18-12(17)13(14,15)11(16)9-7-19-10-6-4-3-5-8(9)10;/h3-7,11H,2,16H2,1H3;1H/t11-;/m1./s1. The van der Waals surface area contributed by atoms with Gasteiger partial charge >= 0.3 is 11.9 Å². The molecule has 0 fully saturated rings. The molecular weight excluding hydrogens is 308 g/mol. The Bertz CT molecular complexity index is 603. The van der Waals surface area contributed by atoms with E-state index in [4.69, 9.17) is 5.73 Å². The van der Waals surface area contributed by atoms with Crippen LogP contribution in [0.3, 0.4) is 0 Å². The van der Waals surface area contributed by atoms with E-state index in [1.165, 1.54) is 18.3 Å². The number of halogens is 3. The zero-order valence-electron chi connectivity index (χ0n) is 10.6. The van der Waals surface area contributed by atoms with Crippen LogP contribution >= 0.6 is 23.7 Å². The lowest BCUT2D eigenvalue weighted by Gasteiger charge is -2.21. The molecule has 0 amide bonds. The molecule has 0 bridgehead atoms. The Morgan fingerprint density at radius 2 is 2.10 bits per heavy atom. The first-order valence-corrected chi connectivity index (χ1v) is 6.63. The molecule has 0 aliphatic rings. The summed E-state index contributed by atoms with van der Waals surface area (Å²) in [5, 5.41) is 2.20. The Labute approximate surface area is 125 Å². The van der Waals surface area contributed by atoms with Crippen molar-refractivity contribution in [2.24, 2.45) is 5.73 Å². The molecule has 1 atom stereocenters. The zero-order chi connectivity index (χ0) is 14.0. The van der Waals surface area contributed by atoms with Crippen LogP contribution < -0.4 is 5.73 Å². The molecule has 0 aliphatic carbocycles. The highest BCUT2D eigenvalue weighted by molar-refractivity contribution is 7.17. The van der Waals surface area contributed by atoms with Crippen molar-refractivity contribution in [2.45, 2.75) is 18.9 Å². The number of thiophene rings is 1. The van der Waals surface area contributed by atoms with Crippen LogP contribution in [0.25, 0.3) is 10.1 Å². The van der Waals surface area contributed by atoms with Crippen LogP contribution in [-0.2, 0) is 9.53 Å². The predicted octanol–water partition coefficient (Wildman–Crippen LogP) is 3.52. The average Bonchev–Trinajstić information content (AvgIpc) is 2.81. The van der Waals surface area contributed by atoms with E-state index in [-0.39, 0.29) is 24.6 Å². The van der Waals surface area contributed by atoms with Gasteiger partial charge in [-0.1, -0.05) is 18.2 Å². The van der Waals surface area contributed by atoms with E-state index in [0.717, 1.165) is 4.70 Å². The molecule has 7 heteroatoms. The van der Waals surface area contributed by atoms with Gasteiger partial charge in [0.05, 0.1) is 6.61 Å². The maximum atomic E-state index is 13.9. The number of alkyl halides is 2. The predicted molar refractivity (Wildman–Crippen MR) is 77.6 cm³/mol. The third-order valence-corrected chi connectivity index (χ3v) is 3.77. The minimum Gasteiger partial charge on any atom is -0.462 e. The maximum absolute atomic E-state index is 13.9. The summed E-state index contributed by atoms with van der Waals surface area (Å²) in [6.07, 6.45) is 0. The number of fused-ring (bicyclic) bond motifs is 1. The van der Waals surface area contributed by atoms with Crippen molar-refractivity contribution in [3.63, 3.8) is 0 Å². The van der Waals surface area contributed by atoms with E-state index in [2.05, 4.69) is 4.74 Å². The van der Waals surface area contributed by atoms with Crippen molar-refractivity contribution in [3.8, 4) is 0 Å². The number of carbonyl (C=O) groups excluding carboxylic acids is 1. The number of benzene rings is 1. The smallest absolute Gasteiger partial charge is 0.379 e. The van der Waals surface area contributed by atoms with Gasteiger partial charge in [0.15, 0.2) is 0 Å². The van der Waals surface area contributed by atoms with Gasteiger partial charge in [-0.2, -0.15) is 8.78 Å². The van der Waals surface area contributed by atoms with Crippen molar-refractivity contribution in [2.75, 3.05) is 6.61 Å². The largest absolute Gasteiger partial charge is 0.462 e. The van der Waals surface area contributed by atoms with E-state index in [1.54, 1.807) is 17.5 Å². The van der Waals surface area contributed by atoms with Gasteiger partial charge in [0, 0.05) is 4.70 Å². The third kappa shape index (κ3) is 2.92. The van der Waals surface area contributed by atoms with Crippen LogP contribution in [0.4, 0.5) is 8.78 Å². The molecule has 0 spiro atoms. The molecular formula is C13H14ClF2NO2S. The van der Waals surface area contributed by atoms with Crippen molar-refractivity contribution in [1.82, 2.24) is 0 Å². The highest BCUT2D eigenvalue weighted by Gasteiger charge is 2.48. The number of ether oxygens (including phenoxy) is 1. The molecule has 2 N–H and O–H groups in total. The summed E-state index contributed by atoms with van der Waals surface area (Å²) in [6.45, 7) is 1.37. The van der Waals surface area contributed by atoms with Crippen LogP contribution in [0.2, 0.25) is 0 Å². The van der Waals surface area contributed by atoms with Crippen LogP contribution in [0.1, 0.15) is 18.5 Å². The Balaban J connectivity index is 0.00000200. The van der Waals surface area contributed by atoms with Gasteiger partial charge in [-0.25, -0.2) is 4.79 Å². The van der Waals surface area contributed by atoms with Gasteiger partial charge in [0.1, 0.15) is 6.04 Å². The second kappa shape index (κ2) is 6.47. The first-order chi connectivity index (χ1) is 8.98. The average molecular weight is 322 g/mol. The Kier molecular flexibility index (Phi) is 5.44. The van der Waals surface area contributed by atoms with Gasteiger partial charge < -0.3 is 10.5 Å². The molecule has 20 heavy (non-hydrogen) atoms. The fourth-order valence-corrected chi connectivity index (χ4v) is 2.79. The molecule has 0 saturated carbocycles. The lowest BCUT2D eigenvalue weighted by molar-refractivity contribution is -0.174. The zero-order valence-corrected chi connectivity index (χ0v) is 12.3. The Hall–Kier alpha value is -1.24. The number of rotatable bonds is 4. The van der Waals surface area contributed by atoms with Gasteiger partial charge in [-0.3, -0.25) is 0 Å². The maximum Gasteiger partial charge on any atom is 0.379 e. The number of hydrogen-bond acceptors (Lipinski definition) is 4. The molecule has 1 aromatic carbocycles. The Morgan fingerprint density at radius 1 is 1.45 bits per heavy atom. The minimum atomic E-state index is -3.74. The summed E-state index contributed by atoms with van der Waals surface area (Å²) in [5.74, 6) is -5.32. The third-order valence-electron chi connectivity index (χ3n) is 2.78. The summed E-state index contributed by atoms with van der Waals surface area (Å²) in [6, 6.07) is 5.38. The van der Waals surface area contributed by atoms with Crippen molar-refractivity contribution >= 4 is 39.8 Å². The molecule has 110 valence electrons. The highest BCUT2D eigenvalue weighted by Crippen LogP contribution is 2.37. The molecule has 0 unspecified atom stereocenters. The van der Waals surface area contributed by atoms with Crippen LogP contribution in [0.15, 0.2) is 29.6 Å². The summed E-state index contributed by atoms with van der Waals surface area (Å²) in [4.78, 5) is 11.3. The summed E-state index contributed by atoms with van der Waals surface area (Å²) < 4.78 is 33.0. The lowest BCUT2D eigenvalue weighted by Crippen LogP contribution is -2.41. The van der Waals surface area contributed by atoms with E-state index in [0.29, 0.717) is 5.39 Å². The fourth-order valence-electron chi connectivity index (χ4n) is 1.79. The van der Waals surface area contributed by atoms with E-state index >= 15 is 0 Å². The second-order valence-electron chi connectivity index (χ2n) is 4.01. The summed E-state index contributed by atoms with van der Waals surface area (Å²) in [7, 11) is 0. The number of hydrogen-bond donors (Lipinski definition) is 1. The van der Waals surface area contributed by atoms with Crippen LogP contribution in [0, 0.1) is 0 Å². The van der Waals surface area contributed by atoms with Crippen molar-refractivity contribution in [1.29, 1.82) is 0 Å². The molecule has 1 heterocycles. The molecule has 0 aliphatic heterocycles.